The number of esters is 1. The van der Waals surface area contributed by atoms with Crippen LogP contribution in [-0.4, -0.2) is 34.7 Å². The van der Waals surface area contributed by atoms with Crippen molar-refractivity contribution >= 4 is 29.3 Å². The van der Waals surface area contributed by atoms with Gasteiger partial charge in [-0.15, -0.1) is 0 Å². The zero-order chi connectivity index (χ0) is 23.2. The number of pyridine rings is 1. The zero-order valence-corrected chi connectivity index (χ0v) is 18.5. The first-order chi connectivity index (χ1) is 16.1. The Balaban J connectivity index is 1.91. The van der Waals surface area contributed by atoms with E-state index in [1.807, 2.05) is 66.7 Å². The molecular formula is C26H24N4O3. The van der Waals surface area contributed by atoms with Gasteiger partial charge < -0.3 is 9.64 Å². The Labute approximate surface area is 191 Å². The lowest BCUT2D eigenvalue weighted by atomic mass is 10.1. The molecule has 0 aliphatic heterocycles. The van der Waals surface area contributed by atoms with Crippen LogP contribution in [-0.2, 0) is 16.1 Å². The fourth-order valence-electron chi connectivity index (χ4n) is 3.55. The second-order valence-electron chi connectivity index (χ2n) is 7.49. The fourth-order valence-corrected chi connectivity index (χ4v) is 3.55. The molecule has 7 heteroatoms. The SMILES string of the molecule is COC(=O)[C@H](C)N(Cc1ccccc1)c1nc2ccccn2c(=O)c1C=Nc1ccccc1. The Morgan fingerprint density at radius 2 is 1.73 bits per heavy atom. The number of aromatic nitrogens is 2. The van der Waals surface area contributed by atoms with Gasteiger partial charge in [0.2, 0.25) is 0 Å². The molecule has 0 saturated carbocycles. The molecule has 0 unspecified atom stereocenters. The van der Waals surface area contributed by atoms with E-state index >= 15 is 0 Å². The maximum atomic E-state index is 13.5. The standard InChI is InChI=1S/C26H24N4O3/c1-19(26(32)33-2)30(18-20-11-5-3-6-12-20)24-22(17-27-21-13-7-4-8-14-21)25(31)29-16-10-9-15-23(29)28-24/h3-17,19H,18H2,1-2H3/t19-/m0/s1. The van der Waals surface area contributed by atoms with Gasteiger partial charge in [-0.05, 0) is 36.8 Å². The number of aliphatic imine (C=N–C) groups is 1. The summed E-state index contributed by atoms with van der Waals surface area (Å²) in [6.45, 7) is 2.10. The molecule has 0 fully saturated rings. The molecule has 0 aliphatic rings. The third-order valence-electron chi connectivity index (χ3n) is 5.33. The van der Waals surface area contributed by atoms with E-state index in [4.69, 9.17) is 9.72 Å². The molecule has 0 bridgehead atoms. The van der Waals surface area contributed by atoms with Crippen LogP contribution < -0.4 is 10.5 Å². The molecule has 0 amide bonds. The van der Waals surface area contributed by atoms with E-state index in [0.717, 1.165) is 5.56 Å². The molecule has 2 heterocycles. The molecule has 1 atom stereocenters. The van der Waals surface area contributed by atoms with E-state index in [-0.39, 0.29) is 11.1 Å². The number of benzene rings is 2. The molecule has 4 rings (SSSR count). The average Bonchev–Trinajstić information content (AvgIpc) is 2.87. The second kappa shape index (κ2) is 9.91. The second-order valence-corrected chi connectivity index (χ2v) is 7.49. The number of fused-ring (bicyclic) bond motifs is 1. The number of para-hydroxylation sites is 1. The van der Waals surface area contributed by atoms with Crippen molar-refractivity contribution in [2.75, 3.05) is 12.0 Å². The third kappa shape index (κ3) is 4.82. The van der Waals surface area contributed by atoms with Crippen LogP contribution in [0, 0.1) is 0 Å². The van der Waals surface area contributed by atoms with Gasteiger partial charge in [-0.25, -0.2) is 9.78 Å². The van der Waals surface area contributed by atoms with E-state index in [2.05, 4.69) is 4.99 Å². The molecule has 33 heavy (non-hydrogen) atoms. The van der Waals surface area contributed by atoms with Crippen LogP contribution >= 0.6 is 0 Å². The number of anilines is 1. The molecule has 0 saturated heterocycles. The van der Waals surface area contributed by atoms with Crippen LogP contribution in [0.2, 0.25) is 0 Å². The predicted octanol–water partition coefficient (Wildman–Crippen LogP) is 4.01. The van der Waals surface area contributed by atoms with Crippen LogP contribution in [0.5, 0.6) is 0 Å². The molecule has 0 aliphatic carbocycles. The summed E-state index contributed by atoms with van der Waals surface area (Å²) in [4.78, 5) is 37.1. The first-order valence-electron chi connectivity index (χ1n) is 10.6. The van der Waals surface area contributed by atoms with Crippen LogP contribution in [0.3, 0.4) is 0 Å². The summed E-state index contributed by atoms with van der Waals surface area (Å²) >= 11 is 0. The average molecular weight is 441 g/mol. The number of carbonyl (C=O) groups is 1. The zero-order valence-electron chi connectivity index (χ0n) is 18.5. The van der Waals surface area contributed by atoms with Crippen molar-refractivity contribution in [2.24, 2.45) is 4.99 Å². The number of hydrogen-bond donors (Lipinski definition) is 0. The van der Waals surface area contributed by atoms with Crippen molar-refractivity contribution in [2.45, 2.75) is 19.5 Å². The minimum atomic E-state index is -0.683. The molecule has 0 radical (unpaired) electrons. The Morgan fingerprint density at radius 3 is 2.42 bits per heavy atom. The lowest BCUT2D eigenvalue weighted by Crippen LogP contribution is -2.41. The van der Waals surface area contributed by atoms with Gasteiger partial charge in [0.15, 0.2) is 0 Å². The van der Waals surface area contributed by atoms with Gasteiger partial charge in [-0.2, -0.15) is 0 Å². The fraction of sp³-hybridized carbons (Fsp3) is 0.154. The topological polar surface area (TPSA) is 76.3 Å². The van der Waals surface area contributed by atoms with E-state index < -0.39 is 12.0 Å². The summed E-state index contributed by atoms with van der Waals surface area (Å²) in [7, 11) is 1.35. The first kappa shape index (κ1) is 22.0. The highest BCUT2D eigenvalue weighted by Gasteiger charge is 2.27. The summed E-state index contributed by atoms with van der Waals surface area (Å²) in [5.74, 6) is -0.0559. The lowest BCUT2D eigenvalue weighted by molar-refractivity contribution is -0.141. The number of rotatable bonds is 7. The summed E-state index contributed by atoms with van der Waals surface area (Å²) < 4.78 is 6.49. The van der Waals surface area contributed by atoms with Crippen LogP contribution in [0.15, 0.2) is 94.8 Å². The molecule has 2 aromatic carbocycles. The normalized spacial score (nSPS) is 12.1. The van der Waals surface area contributed by atoms with E-state index in [1.165, 1.54) is 17.7 Å². The monoisotopic (exact) mass is 440 g/mol. The van der Waals surface area contributed by atoms with Gasteiger partial charge >= 0.3 is 5.97 Å². The van der Waals surface area contributed by atoms with Crippen LogP contribution in [0.1, 0.15) is 18.1 Å². The maximum absolute atomic E-state index is 13.5. The number of ether oxygens (including phenoxy) is 1. The Morgan fingerprint density at radius 1 is 1.06 bits per heavy atom. The molecule has 0 spiro atoms. The van der Waals surface area contributed by atoms with Crippen LogP contribution in [0.25, 0.3) is 5.65 Å². The molecular weight excluding hydrogens is 416 g/mol. The number of carbonyl (C=O) groups excluding carboxylic acids is 1. The van der Waals surface area contributed by atoms with Crippen molar-refractivity contribution < 1.29 is 9.53 Å². The minimum absolute atomic E-state index is 0.273. The predicted molar refractivity (Wildman–Crippen MR) is 129 cm³/mol. The number of hydrogen-bond acceptors (Lipinski definition) is 6. The van der Waals surface area contributed by atoms with Crippen molar-refractivity contribution in [3.05, 3.63) is 107 Å². The smallest absolute Gasteiger partial charge is 0.328 e. The molecule has 7 nitrogen and oxygen atoms in total. The van der Waals surface area contributed by atoms with E-state index in [0.29, 0.717) is 23.7 Å². The highest BCUT2D eigenvalue weighted by Crippen LogP contribution is 2.22. The van der Waals surface area contributed by atoms with Gasteiger partial charge in [0.25, 0.3) is 5.56 Å². The Kier molecular flexibility index (Phi) is 6.59. The summed E-state index contributed by atoms with van der Waals surface area (Å²) in [6.07, 6.45) is 3.18. The minimum Gasteiger partial charge on any atom is -0.467 e. The Bertz CT molecular complexity index is 1330. The van der Waals surface area contributed by atoms with E-state index in [9.17, 15) is 9.59 Å². The molecule has 2 aromatic heterocycles. The van der Waals surface area contributed by atoms with Gasteiger partial charge in [0, 0.05) is 19.0 Å². The summed E-state index contributed by atoms with van der Waals surface area (Å²) in [5.41, 5.74) is 2.16. The van der Waals surface area contributed by atoms with Crippen molar-refractivity contribution in [3.8, 4) is 0 Å². The Hall–Kier alpha value is -4.26. The lowest BCUT2D eigenvalue weighted by Gasteiger charge is -2.29. The quantitative estimate of drug-likeness (QED) is 0.321. The number of nitrogens with zero attached hydrogens (tertiary/aromatic N) is 4. The van der Waals surface area contributed by atoms with Gasteiger partial charge in [-0.1, -0.05) is 54.6 Å². The highest BCUT2D eigenvalue weighted by atomic mass is 16.5. The molecule has 4 aromatic rings. The van der Waals surface area contributed by atoms with Gasteiger partial charge in [-0.3, -0.25) is 14.2 Å². The van der Waals surface area contributed by atoms with Crippen molar-refractivity contribution in [1.82, 2.24) is 9.38 Å². The first-order valence-corrected chi connectivity index (χ1v) is 10.6. The number of methoxy groups -OCH3 is 1. The van der Waals surface area contributed by atoms with Crippen LogP contribution in [0.4, 0.5) is 11.5 Å². The maximum Gasteiger partial charge on any atom is 0.328 e. The van der Waals surface area contributed by atoms with E-state index in [1.54, 1.807) is 30.2 Å². The third-order valence-corrected chi connectivity index (χ3v) is 5.33. The van der Waals surface area contributed by atoms with Gasteiger partial charge in [0.1, 0.15) is 23.1 Å². The molecule has 0 N–H and O–H groups in total. The van der Waals surface area contributed by atoms with Crippen molar-refractivity contribution in [3.63, 3.8) is 0 Å². The largest absolute Gasteiger partial charge is 0.467 e. The summed E-state index contributed by atoms with van der Waals surface area (Å²) in [5, 5.41) is 0. The molecule has 166 valence electrons. The van der Waals surface area contributed by atoms with Gasteiger partial charge in [0.05, 0.1) is 12.8 Å². The highest BCUT2D eigenvalue weighted by molar-refractivity contribution is 5.90. The summed E-state index contributed by atoms with van der Waals surface area (Å²) in [6, 6.07) is 23.7. The van der Waals surface area contributed by atoms with Crippen molar-refractivity contribution in [1.29, 1.82) is 0 Å².